The molecule has 0 aliphatic rings. The first-order valence-electron chi connectivity index (χ1n) is 5.47. The topological polar surface area (TPSA) is 101 Å². The highest BCUT2D eigenvalue weighted by Gasteiger charge is 2.23. The van der Waals surface area contributed by atoms with Crippen LogP contribution in [0.4, 0.5) is 5.69 Å². The highest BCUT2D eigenvalue weighted by molar-refractivity contribution is 6.09. The molecule has 0 bridgehead atoms. The molecule has 0 unspecified atom stereocenters. The zero-order valence-electron chi connectivity index (χ0n) is 9.83. The predicted octanol–water partition coefficient (Wildman–Crippen LogP) is 2.33. The number of nitrogens with two attached hydrogens (primary N) is 1. The van der Waals surface area contributed by atoms with E-state index < -0.39 is 11.9 Å². The maximum absolute atomic E-state index is 11.4. The number of carbonyl (C=O) groups is 2. The first-order valence-corrected chi connectivity index (χ1v) is 5.47. The molecular weight excluding hydrogens is 246 g/mol. The van der Waals surface area contributed by atoms with E-state index in [9.17, 15) is 14.7 Å². The van der Waals surface area contributed by atoms with Gasteiger partial charge in [-0.25, -0.2) is 9.59 Å². The summed E-state index contributed by atoms with van der Waals surface area (Å²) in [5.74, 6) is -2.67. The van der Waals surface area contributed by atoms with Gasteiger partial charge in [-0.05, 0) is 17.2 Å². The summed E-state index contributed by atoms with van der Waals surface area (Å²) in [5.41, 5.74) is 5.78. The SMILES string of the molecule is Nc1ccc(-c2ccccc2)c(C(=O)O)c1C(=O)O. The fourth-order valence-corrected chi connectivity index (χ4v) is 1.93. The molecule has 0 amide bonds. The molecule has 5 heteroatoms. The molecule has 0 heterocycles. The molecule has 0 radical (unpaired) electrons. The Bertz CT molecular complexity index is 650. The quantitative estimate of drug-likeness (QED) is 0.732. The van der Waals surface area contributed by atoms with Crippen molar-refractivity contribution in [1.29, 1.82) is 0 Å². The third kappa shape index (κ3) is 2.26. The van der Waals surface area contributed by atoms with Crippen molar-refractivity contribution in [2.75, 3.05) is 5.73 Å². The molecule has 0 atom stereocenters. The summed E-state index contributed by atoms with van der Waals surface area (Å²) >= 11 is 0. The minimum Gasteiger partial charge on any atom is -0.478 e. The minimum absolute atomic E-state index is 0.0652. The molecule has 5 nitrogen and oxygen atoms in total. The predicted molar refractivity (Wildman–Crippen MR) is 70.2 cm³/mol. The van der Waals surface area contributed by atoms with E-state index in [0.29, 0.717) is 11.1 Å². The van der Waals surface area contributed by atoms with Gasteiger partial charge in [0.15, 0.2) is 0 Å². The van der Waals surface area contributed by atoms with Crippen LogP contribution in [-0.4, -0.2) is 22.2 Å². The second-order valence-corrected chi connectivity index (χ2v) is 3.93. The lowest BCUT2D eigenvalue weighted by Gasteiger charge is -2.11. The van der Waals surface area contributed by atoms with E-state index in [-0.39, 0.29) is 16.8 Å². The number of nitrogen functional groups attached to an aromatic ring is 1. The van der Waals surface area contributed by atoms with Crippen molar-refractivity contribution < 1.29 is 19.8 Å². The summed E-state index contributed by atoms with van der Waals surface area (Å²) in [7, 11) is 0. The van der Waals surface area contributed by atoms with Crippen LogP contribution in [0, 0.1) is 0 Å². The van der Waals surface area contributed by atoms with E-state index in [1.165, 1.54) is 12.1 Å². The van der Waals surface area contributed by atoms with Gasteiger partial charge in [0.25, 0.3) is 0 Å². The average molecular weight is 257 g/mol. The Kier molecular flexibility index (Phi) is 3.20. The Morgan fingerprint density at radius 2 is 1.42 bits per heavy atom. The van der Waals surface area contributed by atoms with E-state index in [1.54, 1.807) is 30.3 Å². The molecule has 96 valence electrons. The number of benzene rings is 2. The molecule has 2 aromatic rings. The van der Waals surface area contributed by atoms with Gasteiger partial charge >= 0.3 is 11.9 Å². The zero-order valence-corrected chi connectivity index (χ0v) is 9.83. The van der Waals surface area contributed by atoms with Crippen molar-refractivity contribution in [3.8, 4) is 11.1 Å². The van der Waals surface area contributed by atoms with Gasteiger partial charge in [0.05, 0.1) is 11.1 Å². The van der Waals surface area contributed by atoms with Crippen LogP contribution in [0.3, 0.4) is 0 Å². The van der Waals surface area contributed by atoms with E-state index in [1.807, 2.05) is 0 Å². The monoisotopic (exact) mass is 257 g/mol. The molecule has 0 saturated carbocycles. The normalized spacial score (nSPS) is 10.1. The van der Waals surface area contributed by atoms with E-state index >= 15 is 0 Å². The lowest BCUT2D eigenvalue weighted by molar-refractivity contribution is 0.0653. The first kappa shape index (κ1) is 12.6. The van der Waals surface area contributed by atoms with Gasteiger partial charge in [0, 0.05) is 5.69 Å². The summed E-state index contributed by atoms with van der Waals surface area (Å²) in [6, 6.07) is 11.6. The van der Waals surface area contributed by atoms with Crippen molar-refractivity contribution >= 4 is 17.6 Å². The Morgan fingerprint density at radius 3 is 1.95 bits per heavy atom. The Labute approximate surface area is 108 Å². The van der Waals surface area contributed by atoms with E-state index in [2.05, 4.69) is 0 Å². The van der Waals surface area contributed by atoms with Gasteiger partial charge in [-0.15, -0.1) is 0 Å². The van der Waals surface area contributed by atoms with Crippen molar-refractivity contribution in [3.63, 3.8) is 0 Å². The van der Waals surface area contributed by atoms with Gasteiger partial charge in [-0.1, -0.05) is 36.4 Å². The number of hydrogen-bond acceptors (Lipinski definition) is 3. The van der Waals surface area contributed by atoms with Crippen molar-refractivity contribution in [3.05, 3.63) is 53.6 Å². The van der Waals surface area contributed by atoms with Crippen molar-refractivity contribution in [2.45, 2.75) is 0 Å². The van der Waals surface area contributed by atoms with Crippen LogP contribution in [0.5, 0.6) is 0 Å². The molecular formula is C14H11NO4. The van der Waals surface area contributed by atoms with Gasteiger partial charge in [0.1, 0.15) is 0 Å². The number of rotatable bonds is 3. The van der Waals surface area contributed by atoms with Crippen LogP contribution in [0.1, 0.15) is 20.7 Å². The molecule has 4 N–H and O–H groups in total. The molecule has 0 aliphatic heterocycles. The lowest BCUT2D eigenvalue weighted by atomic mass is 9.94. The summed E-state index contributed by atoms with van der Waals surface area (Å²) in [6.07, 6.45) is 0. The maximum Gasteiger partial charge on any atom is 0.338 e. The van der Waals surface area contributed by atoms with E-state index in [4.69, 9.17) is 10.8 Å². The largest absolute Gasteiger partial charge is 0.478 e. The maximum atomic E-state index is 11.4. The van der Waals surface area contributed by atoms with E-state index in [0.717, 1.165) is 0 Å². The first-order chi connectivity index (χ1) is 9.02. The molecule has 0 fully saturated rings. The van der Waals surface area contributed by atoms with Gasteiger partial charge in [-0.2, -0.15) is 0 Å². The molecule has 2 aromatic carbocycles. The lowest BCUT2D eigenvalue weighted by Crippen LogP contribution is -2.12. The van der Waals surface area contributed by atoms with Crippen LogP contribution in [0.25, 0.3) is 11.1 Å². The van der Waals surface area contributed by atoms with Gasteiger partial charge < -0.3 is 15.9 Å². The molecule has 19 heavy (non-hydrogen) atoms. The molecule has 2 rings (SSSR count). The average Bonchev–Trinajstić information content (AvgIpc) is 2.38. The van der Waals surface area contributed by atoms with Crippen molar-refractivity contribution in [1.82, 2.24) is 0 Å². The summed E-state index contributed by atoms with van der Waals surface area (Å²) in [6.45, 7) is 0. The number of anilines is 1. The number of carboxylic acids is 2. The molecule has 0 spiro atoms. The van der Waals surface area contributed by atoms with Gasteiger partial charge in [-0.3, -0.25) is 0 Å². The Hall–Kier alpha value is -2.82. The summed E-state index contributed by atoms with van der Waals surface area (Å²) in [4.78, 5) is 22.5. The van der Waals surface area contributed by atoms with Crippen LogP contribution in [0.2, 0.25) is 0 Å². The highest BCUT2D eigenvalue weighted by atomic mass is 16.4. The summed E-state index contributed by atoms with van der Waals surface area (Å²) < 4.78 is 0. The second kappa shape index (κ2) is 4.81. The van der Waals surface area contributed by atoms with Crippen molar-refractivity contribution in [2.24, 2.45) is 0 Å². The smallest absolute Gasteiger partial charge is 0.338 e. The molecule has 0 aromatic heterocycles. The number of hydrogen-bond donors (Lipinski definition) is 3. The summed E-state index contributed by atoms with van der Waals surface area (Å²) in [5, 5.41) is 18.4. The number of aromatic carboxylic acids is 2. The van der Waals surface area contributed by atoms with Crippen LogP contribution < -0.4 is 5.73 Å². The van der Waals surface area contributed by atoms with Crippen LogP contribution >= 0.6 is 0 Å². The van der Waals surface area contributed by atoms with Gasteiger partial charge in [0.2, 0.25) is 0 Å². The second-order valence-electron chi connectivity index (χ2n) is 3.93. The fourth-order valence-electron chi connectivity index (χ4n) is 1.93. The van der Waals surface area contributed by atoms with Crippen LogP contribution in [0.15, 0.2) is 42.5 Å². The highest BCUT2D eigenvalue weighted by Crippen LogP contribution is 2.29. The standard InChI is InChI=1S/C14H11NO4/c15-10-7-6-9(8-4-2-1-3-5-8)11(13(16)17)12(10)14(18)19/h1-7H,15H2,(H,16,17)(H,18,19). The zero-order chi connectivity index (χ0) is 14.0. The molecule has 0 saturated heterocycles. The third-order valence-electron chi connectivity index (χ3n) is 2.75. The minimum atomic E-state index is -1.35. The van der Waals surface area contributed by atoms with Crippen LogP contribution in [-0.2, 0) is 0 Å². The fraction of sp³-hybridized carbons (Fsp3) is 0. The Balaban J connectivity index is 2.80. The Morgan fingerprint density at radius 1 is 0.842 bits per heavy atom. The molecule has 0 aliphatic carbocycles. The third-order valence-corrected chi connectivity index (χ3v) is 2.75. The number of carboxylic acid groups (broad SMARTS) is 2.